The quantitative estimate of drug-likeness (QED) is 0.464. The van der Waals surface area contributed by atoms with Gasteiger partial charge in [0.25, 0.3) is 0 Å². The first-order valence-corrected chi connectivity index (χ1v) is 13.3. The lowest BCUT2D eigenvalue weighted by Gasteiger charge is -2.35. The number of hydrogen-bond acceptors (Lipinski definition) is 7. The van der Waals surface area contributed by atoms with E-state index in [2.05, 4.69) is 11.9 Å². The summed E-state index contributed by atoms with van der Waals surface area (Å²) in [7, 11) is 0. The zero-order valence-electron chi connectivity index (χ0n) is 22.6. The number of epoxide rings is 1. The largest absolute Gasteiger partial charge is 0.458 e. The van der Waals surface area contributed by atoms with E-state index in [0.29, 0.717) is 12.8 Å². The third kappa shape index (κ3) is 6.61. The van der Waals surface area contributed by atoms with Crippen LogP contribution in [-0.2, 0) is 19.1 Å². The molecule has 0 bridgehead atoms. The lowest BCUT2D eigenvalue weighted by atomic mass is 9.71. The van der Waals surface area contributed by atoms with Crippen LogP contribution in [0.4, 0.5) is 0 Å². The Labute approximate surface area is 215 Å². The number of pyridine rings is 1. The topological polar surface area (TPSA) is 109 Å². The summed E-state index contributed by atoms with van der Waals surface area (Å²) in [5.41, 5.74) is 0.0968. The number of rotatable bonds is 3. The number of Topliss-reactive ketones (excluding diaryl/α,β-unsaturated/α-hetero) is 1. The maximum atomic E-state index is 13.4. The summed E-state index contributed by atoms with van der Waals surface area (Å²) in [6, 6.07) is 5.63. The molecule has 2 saturated heterocycles. The molecule has 7 heteroatoms. The van der Waals surface area contributed by atoms with Crippen LogP contribution in [0.15, 0.2) is 30.0 Å². The van der Waals surface area contributed by atoms with Gasteiger partial charge in [-0.25, -0.2) is 0 Å². The van der Waals surface area contributed by atoms with Crippen LogP contribution in [-0.4, -0.2) is 57.0 Å². The normalized spacial score (nSPS) is 36.6. The van der Waals surface area contributed by atoms with Crippen LogP contribution < -0.4 is 0 Å². The number of cyclic esters (lactones) is 1. The number of aromatic nitrogens is 1. The molecule has 2 fully saturated rings. The molecule has 3 heterocycles. The third-order valence-electron chi connectivity index (χ3n) is 8.24. The summed E-state index contributed by atoms with van der Waals surface area (Å²) in [6.07, 6.45) is 4.11. The van der Waals surface area contributed by atoms with Gasteiger partial charge in [-0.1, -0.05) is 40.2 Å². The number of fused-ring (bicyclic) bond motifs is 1. The number of carbonyl (C=O) groups is 2. The number of esters is 1. The van der Waals surface area contributed by atoms with E-state index in [9.17, 15) is 19.8 Å². The fourth-order valence-electron chi connectivity index (χ4n) is 5.30. The van der Waals surface area contributed by atoms with Crippen LogP contribution in [0.3, 0.4) is 0 Å². The van der Waals surface area contributed by atoms with Crippen LogP contribution in [0.2, 0.25) is 0 Å². The molecule has 1 aromatic rings. The monoisotopic (exact) mass is 501 g/mol. The smallest absolute Gasteiger partial charge is 0.309 e. The van der Waals surface area contributed by atoms with E-state index in [0.717, 1.165) is 30.5 Å². The van der Waals surface area contributed by atoms with Gasteiger partial charge in [-0.2, -0.15) is 0 Å². The minimum Gasteiger partial charge on any atom is -0.458 e. The van der Waals surface area contributed by atoms with E-state index in [-0.39, 0.29) is 29.8 Å². The Morgan fingerprint density at radius 1 is 1.22 bits per heavy atom. The fraction of sp³-hybridized carbons (Fsp3) is 0.690. The number of aliphatic hydroxyl groups excluding tert-OH is 2. The molecule has 7 atom stereocenters. The summed E-state index contributed by atoms with van der Waals surface area (Å²) in [5.74, 6) is -1.47. The molecule has 2 N–H and O–H groups in total. The van der Waals surface area contributed by atoms with E-state index in [4.69, 9.17) is 9.47 Å². The van der Waals surface area contributed by atoms with Gasteiger partial charge >= 0.3 is 5.97 Å². The van der Waals surface area contributed by atoms with E-state index in [1.54, 1.807) is 20.0 Å². The summed E-state index contributed by atoms with van der Waals surface area (Å²) in [5, 5.41) is 22.0. The second kappa shape index (κ2) is 11.5. The lowest BCUT2D eigenvalue weighted by Crippen LogP contribution is -2.46. The number of carbonyl (C=O) groups excluding carboxylic acids is 2. The number of ether oxygens (including phenoxy) is 2. The van der Waals surface area contributed by atoms with Crippen molar-refractivity contribution in [3.63, 3.8) is 0 Å². The van der Waals surface area contributed by atoms with Crippen molar-refractivity contribution in [1.82, 2.24) is 4.98 Å². The highest BCUT2D eigenvalue weighted by Crippen LogP contribution is 2.45. The van der Waals surface area contributed by atoms with Crippen molar-refractivity contribution in [2.24, 2.45) is 17.3 Å². The first-order chi connectivity index (χ1) is 16.9. The second-order valence-electron chi connectivity index (χ2n) is 11.5. The fourth-order valence-corrected chi connectivity index (χ4v) is 5.30. The van der Waals surface area contributed by atoms with Crippen LogP contribution >= 0.6 is 0 Å². The van der Waals surface area contributed by atoms with E-state index >= 15 is 0 Å². The third-order valence-corrected chi connectivity index (χ3v) is 8.24. The minimum absolute atomic E-state index is 0.0538. The van der Waals surface area contributed by atoms with E-state index in [1.807, 2.05) is 45.0 Å². The van der Waals surface area contributed by atoms with E-state index in [1.165, 1.54) is 0 Å². The van der Waals surface area contributed by atoms with Gasteiger partial charge < -0.3 is 19.7 Å². The van der Waals surface area contributed by atoms with Gasteiger partial charge in [-0.3, -0.25) is 14.6 Å². The van der Waals surface area contributed by atoms with Crippen LogP contribution in [0.5, 0.6) is 0 Å². The molecule has 2 aliphatic rings. The zero-order valence-corrected chi connectivity index (χ0v) is 22.6. The predicted molar refractivity (Wildman–Crippen MR) is 138 cm³/mol. The predicted octanol–water partition coefficient (Wildman–Crippen LogP) is 4.50. The van der Waals surface area contributed by atoms with Gasteiger partial charge in [0, 0.05) is 18.5 Å². The van der Waals surface area contributed by atoms with Crippen molar-refractivity contribution in [2.75, 3.05) is 0 Å². The van der Waals surface area contributed by atoms with Crippen molar-refractivity contribution in [2.45, 2.75) is 110 Å². The highest BCUT2D eigenvalue weighted by molar-refractivity contribution is 5.88. The number of hydrogen-bond donors (Lipinski definition) is 2. The average molecular weight is 502 g/mol. The van der Waals surface area contributed by atoms with Crippen LogP contribution in [0.1, 0.15) is 85.8 Å². The van der Waals surface area contributed by atoms with Crippen molar-refractivity contribution in [3.8, 4) is 0 Å². The summed E-state index contributed by atoms with van der Waals surface area (Å²) >= 11 is 0. The van der Waals surface area contributed by atoms with Crippen LogP contribution in [0, 0.1) is 17.3 Å². The second-order valence-corrected chi connectivity index (χ2v) is 11.5. The molecule has 7 nitrogen and oxygen atoms in total. The molecule has 36 heavy (non-hydrogen) atoms. The Bertz CT molecular complexity index is 944. The average Bonchev–Trinajstić information content (AvgIpc) is 3.47. The molecule has 1 aromatic heterocycles. The van der Waals surface area contributed by atoms with Gasteiger partial charge in [0.2, 0.25) is 0 Å². The molecular weight excluding hydrogens is 458 g/mol. The number of ketones is 1. The SMILES string of the molecule is CCC1C(=O)C(C)(C)[C@@H](O)CC(=O)O[C@H](C(C)=Cc2ccccn2)C[C@@H]2O[C@]2(C)CCC[C@H](C)C1O. The standard InChI is InChI=1S/C29H43NO6/c1-7-21-26(33)18(2)11-10-13-29(6)24(36-29)16-22(19(3)15-20-12-8-9-14-30-20)35-25(32)17-23(31)28(4,5)27(21)34/h8-9,12,14-15,18,21-24,26,31,33H,7,10-11,13,16-17H2,1-6H3/t18-,21?,22-,23-,24-,26?,29+/m0/s1. The molecule has 3 rings (SSSR count). The van der Waals surface area contributed by atoms with Crippen molar-refractivity contribution in [1.29, 1.82) is 0 Å². The number of nitrogens with zero attached hydrogens (tertiary/aromatic N) is 1. The first kappa shape index (κ1) is 28.5. The Kier molecular flexibility index (Phi) is 9.12. The summed E-state index contributed by atoms with van der Waals surface area (Å²) < 4.78 is 12.0. The van der Waals surface area contributed by atoms with Crippen LogP contribution in [0.25, 0.3) is 6.08 Å². The first-order valence-electron chi connectivity index (χ1n) is 13.3. The molecule has 0 saturated carbocycles. The van der Waals surface area contributed by atoms with Gasteiger partial charge in [0.1, 0.15) is 11.9 Å². The Morgan fingerprint density at radius 3 is 2.58 bits per heavy atom. The molecule has 0 amide bonds. The highest BCUT2D eigenvalue weighted by Gasteiger charge is 2.53. The minimum atomic E-state index is -1.23. The molecule has 0 spiro atoms. The molecule has 0 aromatic carbocycles. The number of aliphatic hydroxyl groups is 2. The maximum absolute atomic E-state index is 13.4. The van der Waals surface area contributed by atoms with Gasteiger partial charge in [-0.15, -0.1) is 0 Å². The summed E-state index contributed by atoms with van der Waals surface area (Å²) in [6.45, 7) is 11.1. The van der Waals surface area contributed by atoms with Crippen molar-refractivity contribution in [3.05, 3.63) is 35.7 Å². The van der Waals surface area contributed by atoms with Crippen molar-refractivity contribution < 1.29 is 29.3 Å². The zero-order chi connectivity index (χ0) is 26.7. The van der Waals surface area contributed by atoms with Gasteiger partial charge in [-0.05, 0) is 62.8 Å². The molecule has 0 radical (unpaired) electrons. The van der Waals surface area contributed by atoms with Gasteiger partial charge in [0.15, 0.2) is 0 Å². The highest BCUT2D eigenvalue weighted by atomic mass is 16.6. The molecule has 2 aliphatic heterocycles. The molecule has 2 unspecified atom stereocenters. The molecular formula is C29H43NO6. The maximum Gasteiger partial charge on any atom is 0.309 e. The Hall–Kier alpha value is -2.09. The van der Waals surface area contributed by atoms with Crippen molar-refractivity contribution >= 4 is 17.8 Å². The lowest BCUT2D eigenvalue weighted by molar-refractivity contribution is -0.154. The Morgan fingerprint density at radius 2 is 1.94 bits per heavy atom. The van der Waals surface area contributed by atoms with E-state index < -0.39 is 35.6 Å². The molecule has 200 valence electrons. The van der Waals surface area contributed by atoms with Gasteiger partial charge in [0.05, 0.1) is 41.4 Å². The summed E-state index contributed by atoms with van der Waals surface area (Å²) in [4.78, 5) is 30.8. The molecule has 0 aliphatic carbocycles. The Balaban J connectivity index is 1.87.